The Balaban J connectivity index is 2.17. The third-order valence-corrected chi connectivity index (χ3v) is 3.55. The Morgan fingerprint density at radius 3 is 2.68 bits per heavy atom. The maximum Gasteiger partial charge on any atom is 0.354 e. The average molecular weight is 265 g/mol. The summed E-state index contributed by atoms with van der Waals surface area (Å²) < 4.78 is 0. The highest BCUT2D eigenvalue weighted by Gasteiger charge is 2.35. The van der Waals surface area contributed by atoms with Crippen LogP contribution in [0.4, 0.5) is 10.5 Å². The van der Waals surface area contributed by atoms with Gasteiger partial charge in [-0.15, -0.1) is 0 Å². The van der Waals surface area contributed by atoms with Gasteiger partial charge in [0.1, 0.15) is 5.69 Å². The second-order valence-corrected chi connectivity index (χ2v) is 5.54. The van der Waals surface area contributed by atoms with Crippen molar-refractivity contribution >= 4 is 17.7 Å². The van der Waals surface area contributed by atoms with Crippen molar-refractivity contribution in [1.82, 2.24) is 9.88 Å². The summed E-state index contributed by atoms with van der Waals surface area (Å²) in [6.45, 7) is 6.48. The van der Waals surface area contributed by atoms with Crippen molar-refractivity contribution in [1.29, 1.82) is 0 Å². The number of carboxylic acids is 1. The van der Waals surface area contributed by atoms with Crippen LogP contribution < -0.4 is 5.32 Å². The number of nitrogens with zero attached hydrogens (tertiary/aromatic N) is 1. The lowest BCUT2D eigenvalue weighted by Gasteiger charge is -2.31. The molecular formula is C13H19N3O3. The summed E-state index contributed by atoms with van der Waals surface area (Å²) in [4.78, 5) is 27.8. The number of rotatable bonds is 2. The fourth-order valence-electron chi connectivity index (χ4n) is 2.52. The SMILES string of the molecule is Cc1cc(NC(=O)N2CCCC2(C)C)c(C(=O)O)[nH]1. The average Bonchev–Trinajstić information content (AvgIpc) is 2.81. The first-order valence-electron chi connectivity index (χ1n) is 6.33. The van der Waals surface area contributed by atoms with Crippen LogP contribution in [0.15, 0.2) is 6.07 Å². The molecule has 0 unspecified atom stereocenters. The number of hydrogen-bond donors (Lipinski definition) is 3. The molecule has 2 amide bonds. The molecule has 0 saturated carbocycles. The van der Waals surface area contributed by atoms with Gasteiger partial charge in [-0.3, -0.25) is 0 Å². The molecule has 0 aromatic carbocycles. The molecule has 1 aliphatic heterocycles. The van der Waals surface area contributed by atoms with Gasteiger partial charge in [0.2, 0.25) is 0 Å². The number of likely N-dealkylation sites (tertiary alicyclic amines) is 1. The van der Waals surface area contributed by atoms with Crippen LogP contribution in [0.25, 0.3) is 0 Å². The minimum Gasteiger partial charge on any atom is -0.477 e. The van der Waals surface area contributed by atoms with Crippen LogP contribution in [0.5, 0.6) is 0 Å². The van der Waals surface area contributed by atoms with Crippen LogP contribution in [-0.2, 0) is 0 Å². The maximum atomic E-state index is 12.2. The monoisotopic (exact) mass is 265 g/mol. The molecule has 0 atom stereocenters. The number of carbonyl (C=O) groups excluding carboxylic acids is 1. The topological polar surface area (TPSA) is 85.4 Å². The highest BCUT2D eigenvalue weighted by atomic mass is 16.4. The number of urea groups is 1. The van der Waals surface area contributed by atoms with E-state index in [-0.39, 0.29) is 17.3 Å². The van der Waals surface area contributed by atoms with Crippen LogP contribution >= 0.6 is 0 Å². The summed E-state index contributed by atoms with van der Waals surface area (Å²) in [5, 5.41) is 11.7. The van der Waals surface area contributed by atoms with E-state index in [2.05, 4.69) is 10.3 Å². The first kappa shape index (κ1) is 13.5. The third kappa shape index (κ3) is 2.57. The van der Waals surface area contributed by atoms with E-state index in [9.17, 15) is 9.59 Å². The molecule has 2 rings (SSSR count). The Hall–Kier alpha value is -1.98. The van der Waals surface area contributed by atoms with E-state index in [1.165, 1.54) is 0 Å². The van der Waals surface area contributed by atoms with Gasteiger partial charge in [-0.2, -0.15) is 0 Å². The minimum atomic E-state index is -1.08. The molecule has 0 aliphatic carbocycles. The molecule has 1 fully saturated rings. The van der Waals surface area contributed by atoms with Gasteiger partial charge in [-0.1, -0.05) is 0 Å². The van der Waals surface area contributed by atoms with Gasteiger partial charge in [-0.05, 0) is 39.7 Å². The Bertz CT molecular complexity index is 519. The zero-order valence-electron chi connectivity index (χ0n) is 11.4. The zero-order valence-corrected chi connectivity index (χ0v) is 11.4. The van der Waals surface area contributed by atoms with Crippen LogP contribution in [0.1, 0.15) is 42.9 Å². The van der Waals surface area contributed by atoms with Crippen LogP contribution in [0.3, 0.4) is 0 Å². The van der Waals surface area contributed by atoms with Crippen molar-refractivity contribution in [2.24, 2.45) is 0 Å². The van der Waals surface area contributed by atoms with Crippen molar-refractivity contribution in [2.45, 2.75) is 39.2 Å². The first-order chi connectivity index (χ1) is 8.81. The van der Waals surface area contributed by atoms with E-state index in [0.717, 1.165) is 12.8 Å². The minimum absolute atomic E-state index is 0.0165. The number of aromatic nitrogens is 1. The van der Waals surface area contributed by atoms with Gasteiger partial charge >= 0.3 is 12.0 Å². The highest BCUT2D eigenvalue weighted by molar-refractivity contribution is 5.99. The third-order valence-electron chi connectivity index (χ3n) is 3.55. The quantitative estimate of drug-likeness (QED) is 0.767. The molecule has 104 valence electrons. The van der Waals surface area contributed by atoms with Gasteiger partial charge in [-0.25, -0.2) is 9.59 Å². The zero-order chi connectivity index (χ0) is 14.2. The number of H-pyrrole nitrogens is 1. The number of hydrogen-bond acceptors (Lipinski definition) is 2. The lowest BCUT2D eigenvalue weighted by Crippen LogP contribution is -2.45. The molecule has 6 nitrogen and oxygen atoms in total. The predicted molar refractivity (Wildman–Crippen MR) is 71.5 cm³/mol. The predicted octanol–water partition coefficient (Wildman–Crippen LogP) is 2.43. The van der Waals surface area contributed by atoms with Gasteiger partial charge in [0.15, 0.2) is 0 Å². The van der Waals surface area contributed by atoms with Gasteiger partial charge < -0.3 is 20.3 Å². The molecule has 6 heteroatoms. The molecule has 1 saturated heterocycles. The number of aromatic carboxylic acids is 1. The van der Waals surface area contributed by atoms with E-state index >= 15 is 0 Å². The Morgan fingerprint density at radius 2 is 2.16 bits per heavy atom. The summed E-state index contributed by atoms with van der Waals surface area (Å²) >= 11 is 0. The van der Waals surface area contributed by atoms with Crippen molar-refractivity contribution in [2.75, 3.05) is 11.9 Å². The molecule has 0 bridgehead atoms. The molecule has 1 aliphatic rings. The van der Waals surface area contributed by atoms with Crippen molar-refractivity contribution < 1.29 is 14.7 Å². The van der Waals surface area contributed by atoms with Gasteiger partial charge in [0.25, 0.3) is 0 Å². The smallest absolute Gasteiger partial charge is 0.354 e. The summed E-state index contributed by atoms with van der Waals surface area (Å²) in [5.41, 5.74) is 0.854. The number of anilines is 1. The molecular weight excluding hydrogens is 246 g/mol. The summed E-state index contributed by atoms with van der Waals surface area (Å²) in [5.74, 6) is -1.08. The number of aromatic amines is 1. The number of amides is 2. The highest BCUT2D eigenvalue weighted by Crippen LogP contribution is 2.29. The second kappa shape index (κ2) is 4.60. The molecule has 2 heterocycles. The number of aryl methyl sites for hydroxylation is 1. The first-order valence-corrected chi connectivity index (χ1v) is 6.33. The maximum absolute atomic E-state index is 12.2. The number of carboxylic acid groups (broad SMARTS) is 1. The molecule has 0 spiro atoms. The number of nitrogens with one attached hydrogen (secondary N) is 2. The lowest BCUT2D eigenvalue weighted by molar-refractivity contribution is 0.0692. The van der Waals surface area contributed by atoms with E-state index in [1.54, 1.807) is 17.9 Å². The van der Waals surface area contributed by atoms with E-state index in [1.807, 2.05) is 13.8 Å². The lowest BCUT2D eigenvalue weighted by atomic mass is 10.0. The summed E-state index contributed by atoms with van der Waals surface area (Å²) in [7, 11) is 0. The Labute approximate surface area is 111 Å². The fourth-order valence-corrected chi connectivity index (χ4v) is 2.52. The fraction of sp³-hybridized carbons (Fsp3) is 0.538. The summed E-state index contributed by atoms with van der Waals surface area (Å²) in [6, 6.07) is 1.38. The van der Waals surface area contributed by atoms with E-state index in [4.69, 9.17) is 5.11 Å². The largest absolute Gasteiger partial charge is 0.477 e. The molecule has 1 aromatic rings. The van der Waals surface area contributed by atoms with Crippen LogP contribution in [0, 0.1) is 6.92 Å². The summed E-state index contributed by atoms with van der Waals surface area (Å²) in [6.07, 6.45) is 1.93. The van der Waals surface area contributed by atoms with E-state index in [0.29, 0.717) is 17.9 Å². The van der Waals surface area contributed by atoms with Gasteiger partial charge in [0, 0.05) is 17.8 Å². The van der Waals surface area contributed by atoms with Crippen molar-refractivity contribution in [3.05, 3.63) is 17.5 Å². The molecule has 0 radical (unpaired) electrons. The van der Waals surface area contributed by atoms with Crippen molar-refractivity contribution in [3.63, 3.8) is 0 Å². The van der Waals surface area contributed by atoms with Gasteiger partial charge in [0.05, 0.1) is 5.69 Å². The molecule has 3 N–H and O–H groups in total. The standard InChI is InChI=1S/C13H19N3O3/c1-8-7-9(10(14-8)11(17)18)15-12(19)16-6-4-5-13(16,2)3/h7,14H,4-6H2,1-3H3,(H,15,19)(H,17,18). The Kier molecular flexibility index (Phi) is 3.26. The van der Waals surface area contributed by atoms with Crippen molar-refractivity contribution in [3.8, 4) is 0 Å². The molecule has 19 heavy (non-hydrogen) atoms. The normalized spacial score (nSPS) is 17.5. The second-order valence-electron chi connectivity index (χ2n) is 5.54. The van der Waals surface area contributed by atoms with Crippen LogP contribution in [0.2, 0.25) is 0 Å². The Morgan fingerprint density at radius 1 is 1.47 bits per heavy atom. The van der Waals surface area contributed by atoms with Crippen LogP contribution in [-0.4, -0.2) is 39.1 Å². The number of carbonyl (C=O) groups is 2. The molecule has 1 aromatic heterocycles. The van der Waals surface area contributed by atoms with E-state index < -0.39 is 5.97 Å².